The van der Waals surface area contributed by atoms with Crippen molar-refractivity contribution in [1.29, 1.82) is 0 Å². The summed E-state index contributed by atoms with van der Waals surface area (Å²) >= 11 is 0. The number of carbonyl (C=O) groups is 2. The van der Waals surface area contributed by atoms with Gasteiger partial charge in [-0.2, -0.15) is 0 Å². The highest BCUT2D eigenvalue weighted by Gasteiger charge is 2.32. The van der Waals surface area contributed by atoms with Gasteiger partial charge in [0.15, 0.2) is 23.9 Å². The number of nitrogens with one attached hydrogen (secondary N) is 1. The Balaban J connectivity index is 1.07. The molecule has 0 unspecified atom stereocenters. The van der Waals surface area contributed by atoms with Crippen LogP contribution in [0.5, 0.6) is 11.5 Å². The average molecular weight is 463 g/mol. The summed E-state index contributed by atoms with van der Waals surface area (Å²) < 4.78 is 17.5. The van der Waals surface area contributed by atoms with E-state index in [1.54, 1.807) is 6.07 Å². The monoisotopic (exact) mass is 462 g/mol. The highest BCUT2D eigenvalue weighted by molar-refractivity contribution is 5.96. The maximum atomic E-state index is 12.8. The number of rotatable bonds is 6. The van der Waals surface area contributed by atoms with E-state index in [2.05, 4.69) is 5.32 Å². The van der Waals surface area contributed by atoms with E-state index in [0.717, 1.165) is 41.5 Å². The molecule has 2 aliphatic rings. The van der Waals surface area contributed by atoms with E-state index in [4.69, 9.17) is 13.9 Å². The van der Waals surface area contributed by atoms with Crippen LogP contribution in [0.1, 0.15) is 42.8 Å². The van der Waals surface area contributed by atoms with Crippen LogP contribution in [0.25, 0.3) is 11.0 Å². The minimum absolute atomic E-state index is 0.0520. The van der Waals surface area contributed by atoms with Gasteiger partial charge < -0.3 is 24.1 Å². The van der Waals surface area contributed by atoms with E-state index < -0.39 is 0 Å². The molecule has 0 bridgehead atoms. The third-order valence-electron chi connectivity index (χ3n) is 6.54. The molecule has 0 aliphatic carbocycles. The Bertz CT molecular complexity index is 1170. The van der Waals surface area contributed by atoms with Gasteiger partial charge in [-0.15, -0.1) is 0 Å². The predicted octanol–water partition coefficient (Wildman–Crippen LogP) is 4.19. The minimum Gasteiger partial charge on any atom is -0.483 e. The Morgan fingerprint density at radius 1 is 1.12 bits per heavy atom. The fourth-order valence-corrected chi connectivity index (χ4v) is 4.74. The summed E-state index contributed by atoms with van der Waals surface area (Å²) in [6.45, 7) is 5.90. The standard InChI is InChI=1S/C27H30N2O5/c1-27(2)15-20-7-5-9-22(25(20)34-27)32-17-24(30)28-16-18-10-12-29(13-11-18)26(31)23-14-19-6-3-4-8-21(19)33-23/h3-9,14,18H,10-13,15-17H2,1-2H3,(H,28,30). The van der Waals surface area contributed by atoms with Crippen molar-refractivity contribution in [3.63, 3.8) is 0 Å². The maximum absolute atomic E-state index is 12.8. The van der Waals surface area contributed by atoms with Crippen LogP contribution in [0.4, 0.5) is 0 Å². The normalized spacial score (nSPS) is 17.3. The summed E-state index contributed by atoms with van der Waals surface area (Å²) in [5.41, 5.74) is 1.57. The first-order valence-electron chi connectivity index (χ1n) is 11.9. The lowest BCUT2D eigenvalue weighted by atomic mass is 9.96. The van der Waals surface area contributed by atoms with Crippen LogP contribution in [-0.2, 0) is 11.2 Å². The predicted molar refractivity (Wildman–Crippen MR) is 128 cm³/mol. The van der Waals surface area contributed by atoms with Crippen LogP contribution in [0.15, 0.2) is 52.9 Å². The molecule has 3 aromatic rings. The lowest BCUT2D eigenvalue weighted by molar-refractivity contribution is -0.123. The quantitative estimate of drug-likeness (QED) is 0.594. The molecular formula is C27H30N2O5. The maximum Gasteiger partial charge on any atom is 0.289 e. The number of para-hydroxylation sites is 2. The number of hydrogen-bond donors (Lipinski definition) is 1. The van der Waals surface area contributed by atoms with Crippen LogP contribution in [0.3, 0.4) is 0 Å². The summed E-state index contributed by atoms with van der Waals surface area (Å²) in [5, 5.41) is 3.91. The Morgan fingerprint density at radius 3 is 2.71 bits per heavy atom. The first kappa shape index (κ1) is 22.3. The van der Waals surface area contributed by atoms with Crippen molar-refractivity contribution in [2.45, 2.75) is 38.7 Å². The van der Waals surface area contributed by atoms with E-state index in [1.165, 1.54) is 0 Å². The second-order valence-electron chi connectivity index (χ2n) is 9.76. The lowest BCUT2D eigenvalue weighted by Gasteiger charge is -2.31. The number of carbonyl (C=O) groups excluding carboxylic acids is 2. The molecule has 3 heterocycles. The Kier molecular flexibility index (Phi) is 5.94. The molecule has 0 spiro atoms. The van der Waals surface area contributed by atoms with Crippen molar-refractivity contribution in [2.24, 2.45) is 5.92 Å². The summed E-state index contributed by atoms with van der Waals surface area (Å²) in [5.74, 6) is 1.82. The first-order valence-corrected chi connectivity index (χ1v) is 11.9. The Hall–Kier alpha value is -3.48. The third-order valence-corrected chi connectivity index (χ3v) is 6.54. The van der Waals surface area contributed by atoms with Crippen molar-refractivity contribution < 1.29 is 23.5 Å². The van der Waals surface area contributed by atoms with Crippen LogP contribution in [0.2, 0.25) is 0 Å². The van der Waals surface area contributed by atoms with Gasteiger partial charge in [-0.1, -0.05) is 30.3 Å². The average Bonchev–Trinajstić information content (AvgIpc) is 3.40. The summed E-state index contributed by atoms with van der Waals surface area (Å²) in [6.07, 6.45) is 2.49. The molecule has 34 heavy (non-hydrogen) atoms. The number of nitrogens with zero attached hydrogens (tertiary/aromatic N) is 1. The summed E-state index contributed by atoms with van der Waals surface area (Å²) in [4.78, 5) is 27.0. The fourth-order valence-electron chi connectivity index (χ4n) is 4.74. The van der Waals surface area contributed by atoms with Crippen LogP contribution in [-0.4, -0.2) is 48.6 Å². The summed E-state index contributed by atoms with van der Waals surface area (Å²) in [6, 6.07) is 15.2. The molecule has 1 saturated heterocycles. The molecule has 178 valence electrons. The van der Waals surface area contributed by atoms with Crippen molar-refractivity contribution >= 4 is 22.8 Å². The molecular weight excluding hydrogens is 432 g/mol. The van der Waals surface area contributed by atoms with Gasteiger partial charge in [0.1, 0.15) is 11.2 Å². The number of likely N-dealkylation sites (tertiary alicyclic amines) is 1. The van der Waals surface area contributed by atoms with Gasteiger partial charge in [-0.3, -0.25) is 9.59 Å². The minimum atomic E-state index is -0.259. The SMILES string of the molecule is CC1(C)Cc2cccc(OCC(=O)NCC3CCN(C(=O)c4cc5ccccc5o4)CC3)c2O1. The van der Waals surface area contributed by atoms with Crippen LogP contribution >= 0.6 is 0 Å². The smallest absolute Gasteiger partial charge is 0.289 e. The zero-order chi connectivity index (χ0) is 23.7. The van der Waals surface area contributed by atoms with Crippen molar-refractivity contribution in [2.75, 3.05) is 26.2 Å². The number of furan rings is 1. The van der Waals surface area contributed by atoms with Gasteiger partial charge in [0.05, 0.1) is 0 Å². The van der Waals surface area contributed by atoms with E-state index in [9.17, 15) is 9.59 Å². The van der Waals surface area contributed by atoms with Gasteiger partial charge in [0.25, 0.3) is 11.8 Å². The molecule has 2 aromatic carbocycles. The topological polar surface area (TPSA) is 81.0 Å². The molecule has 7 heteroatoms. The molecule has 2 aliphatic heterocycles. The second kappa shape index (κ2) is 9.05. The number of benzene rings is 2. The first-order chi connectivity index (χ1) is 16.4. The molecule has 0 saturated carbocycles. The van der Waals surface area contributed by atoms with E-state index in [-0.39, 0.29) is 24.0 Å². The third kappa shape index (κ3) is 4.74. The highest BCUT2D eigenvalue weighted by atomic mass is 16.5. The van der Waals surface area contributed by atoms with Gasteiger partial charge in [0.2, 0.25) is 0 Å². The molecule has 0 radical (unpaired) electrons. The van der Waals surface area contributed by atoms with Crippen molar-refractivity contribution in [3.8, 4) is 11.5 Å². The number of fused-ring (bicyclic) bond motifs is 2. The number of hydrogen-bond acceptors (Lipinski definition) is 5. The van der Waals surface area contributed by atoms with Crippen LogP contribution in [0, 0.1) is 5.92 Å². The lowest BCUT2D eigenvalue weighted by Crippen LogP contribution is -2.42. The van der Waals surface area contributed by atoms with Gasteiger partial charge in [0, 0.05) is 37.0 Å². The molecule has 0 atom stereocenters. The molecule has 1 N–H and O–H groups in total. The molecule has 5 rings (SSSR count). The van der Waals surface area contributed by atoms with Gasteiger partial charge in [-0.05, 0) is 50.8 Å². The molecule has 1 fully saturated rings. The summed E-state index contributed by atoms with van der Waals surface area (Å²) in [7, 11) is 0. The van der Waals surface area contributed by atoms with Gasteiger partial charge in [-0.25, -0.2) is 0 Å². The van der Waals surface area contributed by atoms with Crippen molar-refractivity contribution in [3.05, 3.63) is 59.9 Å². The zero-order valence-electron chi connectivity index (χ0n) is 19.6. The fraction of sp³-hybridized carbons (Fsp3) is 0.407. The van der Waals surface area contributed by atoms with E-state index in [0.29, 0.717) is 37.1 Å². The van der Waals surface area contributed by atoms with E-state index in [1.807, 2.05) is 61.2 Å². The van der Waals surface area contributed by atoms with Crippen molar-refractivity contribution in [1.82, 2.24) is 10.2 Å². The number of piperidine rings is 1. The largest absolute Gasteiger partial charge is 0.483 e. The molecule has 7 nitrogen and oxygen atoms in total. The molecule has 1 aromatic heterocycles. The number of ether oxygens (including phenoxy) is 2. The van der Waals surface area contributed by atoms with Gasteiger partial charge >= 0.3 is 0 Å². The Labute approximate surface area is 199 Å². The van der Waals surface area contributed by atoms with Crippen LogP contribution < -0.4 is 14.8 Å². The highest BCUT2D eigenvalue weighted by Crippen LogP contribution is 2.41. The van der Waals surface area contributed by atoms with E-state index >= 15 is 0 Å². The second-order valence-corrected chi connectivity index (χ2v) is 9.76. The zero-order valence-corrected chi connectivity index (χ0v) is 19.6. The number of amides is 2. The Morgan fingerprint density at radius 2 is 1.91 bits per heavy atom. The molecule has 2 amide bonds.